The van der Waals surface area contributed by atoms with Crippen LogP contribution >= 0.6 is 0 Å². The number of hydrogen-bond acceptors (Lipinski definition) is 4. The fourth-order valence-corrected chi connectivity index (χ4v) is 1.99. The number of benzene rings is 1. The fourth-order valence-electron chi connectivity index (χ4n) is 1.99. The molecule has 100 valence electrons. The summed E-state index contributed by atoms with van der Waals surface area (Å²) in [5.41, 5.74) is 0.797. The van der Waals surface area contributed by atoms with Crippen LogP contribution in [0.3, 0.4) is 0 Å². The number of carboxylic acid groups (broad SMARTS) is 1. The number of nitrogens with zero attached hydrogens (tertiary/aromatic N) is 3. The van der Waals surface area contributed by atoms with E-state index in [2.05, 4.69) is 5.10 Å². The summed E-state index contributed by atoms with van der Waals surface area (Å²) in [6.45, 7) is 1.07. The summed E-state index contributed by atoms with van der Waals surface area (Å²) < 4.78 is 0.794. The Labute approximate surface area is 114 Å². The van der Waals surface area contributed by atoms with Gasteiger partial charge in [0.15, 0.2) is 0 Å². The number of aliphatic carboxylic acids is 1. The van der Waals surface area contributed by atoms with Gasteiger partial charge < -0.3 is 5.11 Å². The molecule has 0 bridgehead atoms. The van der Waals surface area contributed by atoms with Gasteiger partial charge in [0.25, 0.3) is 5.56 Å². The van der Waals surface area contributed by atoms with Gasteiger partial charge in [0.2, 0.25) is 0 Å². The third-order valence-corrected chi connectivity index (χ3v) is 2.79. The topological polar surface area (TPSA) is 96.0 Å². The largest absolute Gasteiger partial charge is 0.480 e. The van der Waals surface area contributed by atoms with Crippen molar-refractivity contribution in [2.24, 2.45) is 0 Å². The minimum atomic E-state index is -1.18. The zero-order chi connectivity index (χ0) is 14.7. The molecule has 20 heavy (non-hydrogen) atoms. The third kappa shape index (κ3) is 2.42. The first kappa shape index (κ1) is 13.5. The molecule has 0 aliphatic rings. The van der Waals surface area contributed by atoms with E-state index in [4.69, 9.17) is 5.11 Å². The van der Waals surface area contributed by atoms with E-state index in [9.17, 15) is 14.9 Å². The van der Waals surface area contributed by atoms with Crippen LogP contribution in [-0.2, 0) is 11.3 Å². The highest BCUT2D eigenvalue weighted by Crippen LogP contribution is 2.23. The molecule has 0 fully saturated rings. The summed E-state index contributed by atoms with van der Waals surface area (Å²) in [4.78, 5) is 22.8. The minimum Gasteiger partial charge on any atom is -0.480 e. The van der Waals surface area contributed by atoms with Crippen LogP contribution < -0.4 is 5.56 Å². The van der Waals surface area contributed by atoms with Crippen molar-refractivity contribution >= 4 is 5.97 Å². The average molecular weight is 269 g/mol. The molecule has 6 heteroatoms. The van der Waals surface area contributed by atoms with Crippen LogP contribution in [0.15, 0.2) is 35.1 Å². The summed E-state index contributed by atoms with van der Waals surface area (Å²) in [6.07, 6.45) is 0. The predicted molar refractivity (Wildman–Crippen MR) is 71.0 cm³/mol. The Hall–Kier alpha value is -2.94. The number of aromatic nitrogens is 2. The number of rotatable bonds is 3. The van der Waals surface area contributed by atoms with Crippen LogP contribution in [0.5, 0.6) is 0 Å². The molecule has 1 heterocycles. The molecule has 0 amide bonds. The first-order valence-corrected chi connectivity index (χ1v) is 5.83. The summed E-state index contributed by atoms with van der Waals surface area (Å²) in [6, 6.07) is 10.8. The molecule has 6 nitrogen and oxygen atoms in total. The van der Waals surface area contributed by atoms with Gasteiger partial charge in [-0.25, -0.2) is 4.68 Å². The van der Waals surface area contributed by atoms with Crippen LogP contribution in [-0.4, -0.2) is 20.9 Å². The summed E-state index contributed by atoms with van der Waals surface area (Å²) >= 11 is 0. The Morgan fingerprint density at radius 2 is 2.05 bits per heavy atom. The van der Waals surface area contributed by atoms with E-state index in [1.807, 2.05) is 12.1 Å². The normalized spacial score (nSPS) is 10.0. The number of carbonyl (C=O) groups is 1. The molecule has 1 aromatic carbocycles. The average Bonchev–Trinajstić information content (AvgIpc) is 2.42. The van der Waals surface area contributed by atoms with Crippen LogP contribution in [0.1, 0.15) is 11.3 Å². The second kappa shape index (κ2) is 5.36. The lowest BCUT2D eigenvalue weighted by Crippen LogP contribution is -2.30. The van der Waals surface area contributed by atoms with Crippen molar-refractivity contribution in [3.8, 4) is 17.2 Å². The van der Waals surface area contributed by atoms with Gasteiger partial charge in [0.1, 0.15) is 18.2 Å². The van der Waals surface area contributed by atoms with E-state index in [1.165, 1.54) is 0 Å². The van der Waals surface area contributed by atoms with Gasteiger partial charge in [-0.3, -0.25) is 9.59 Å². The quantitative estimate of drug-likeness (QED) is 0.902. The second-order valence-electron chi connectivity index (χ2n) is 4.17. The molecule has 0 radical (unpaired) electrons. The molecule has 1 N–H and O–H groups in total. The Bertz CT molecular complexity index is 758. The van der Waals surface area contributed by atoms with Gasteiger partial charge in [-0.05, 0) is 12.5 Å². The third-order valence-electron chi connectivity index (χ3n) is 2.79. The fraction of sp³-hybridized carbons (Fsp3) is 0.143. The highest BCUT2D eigenvalue weighted by atomic mass is 16.4. The van der Waals surface area contributed by atoms with Gasteiger partial charge in [-0.1, -0.05) is 30.3 Å². The summed E-state index contributed by atoms with van der Waals surface area (Å²) in [5, 5.41) is 21.9. The number of hydrogen-bond donors (Lipinski definition) is 1. The Morgan fingerprint density at radius 3 is 2.60 bits per heavy atom. The molecule has 0 unspecified atom stereocenters. The van der Waals surface area contributed by atoms with Crippen molar-refractivity contribution < 1.29 is 9.90 Å². The molecule has 1 aromatic heterocycles. The van der Waals surface area contributed by atoms with E-state index >= 15 is 0 Å². The van der Waals surface area contributed by atoms with Crippen molar-refractivity contribution in [3.05, 3.63) is 51.9 Å². The number of carboxylic acids is 1. The van der Waals surface area contributed by atoms with Gasteiger partial charge in [0.05, 0.1) is 5.69 Å². The lowest BCUT2D eigenvalue weighted by Gasteiger charge is -2.10. The van der Waals surface area contributed by atoms with Crippen molar-refractivity contribution in [1.82, 2.24) is 9.78 Å². The van der Waals surface area contributed by atoms with Gasteiger partial charge in [-0.15, -0.1) is 0 Å². The van der Waals surface area contributed by atoms with E-state index < -0.39 is 18.1 Å². The molecule has 0 saturated heterocycles. The smallest absolute Gasteiger partial charge is 0.325 e. The summed E-state index contributed by atoms with van der Waals surface area (Å²) in [7, 11) is 0. The molecule has 2 rings (SSSR count). The molecular weight excluding hydrogens is 258 g/mol. The maximum Gasteiger partial charge on any atom is 0.325 e. The van der Waals surface area contributed by atoms with Crippen LogP contribution in [0.2, 0.25) is 0 Å². The van der Waals surface area contributed by atoms with Gasteiger partial charge >= 0.3 is 5.97 Å². The zero-order valence-electron chi connectivity index (χ0n) is 10.7. The number of nitriles is 1. The minimum absolute atomic E-state index is 0.0926. The first-order chi connectivity index (χ1) is 9.54. The molecule has 0 aliphatic carbocycles. The van der Waals surface area contributed by atoms with Crippen molar-refractivity contribution in [2.75, 3.05) is 0 Å². The molecule has 2 aromatic rings. The molecule has 0 aliphatic heterocycles. The van der Waals surface area contributed by atoms with Gasteiger partial charge in [-0.2, -0.15) is 10.4 Å². The summed E-state index contributed by atoms with van der Waals surface area (Å²) in [5.74, 6) is -1.18. The van der Waals surface area contributed by atoms with Crippen molar-refractivity contribution in [1.29, 1.82) is 5.26 Å². The first-order valence-electron chi connectivity index (χ1n) is 5.83. The SMILES string of the molecule is Cc1nn(CC(=O)O)c(=O)c(C#N)c1-c1ccccc1. The molecule has 0 spiro atoms. The Morgan fingerprint density at radius 1 is 1.40 bits per heavy atom. The molecule has 0 saturated carbocycles. The molecular formula is C14H11N3O3. The predicted octanol–water partition coefficient (Wildman–Crippen LogP) is 1.18. The Kier molecular flexibility index (Phi) is 3.62. The maximum absolute atomic E-state index is 12.1. The van der Waals surface area contributed by atoms with Crippen molar-refractivity contribution in [2.45, 2.75) is 13.5 Å². The maximum atomic E-state index is 12.1. The van der Waals surface area contributed by atoms with E-state index in [0.717, 1.165) is 4.68 Å². The van der Waals surface area contributed by atoms with Gasteiger partial charge in [0, 0.05) is 5.56 Å². The van der Waals surface area contributed by atoms with E-state index in [1.54, 1.807) is 31.2 Å². The highest BCUT2D eigenvalue weighted by molar-refractivity contribution is 5.72. The Balaban J connectivity index is 2.73. The zero-order valence-corrected chi connectivity index (χ0v) is 10.7. The van der Waals surface area contributed by atoms with E-state index in [-0.39, 0.29) is 5.56 Å². The van der Waals surface area contributed by atoms with Crippen LogP contribution in [0, 0.1) is 18.3 Å². The lowest BCUT2D eigenvalue weighted by molar-refractivity contribution is -0.138. The second-order valence-corrected chi connectivity index (χ2v) is 4.17. The lowest BCUT2D eigenvalue weighted by atomic mass is 10.0. The van der Waals surface area contributed by atoms with Crippen molar-refractivity contribution in [3.63, 3.8) is 0 Å². The highest BCUT2D eigenvalue weighted by Gasteiger charge is 2.17. The monoisotopic (exact) mass is 269 g/mol. The van der Waals surface area contributed by atoms with Crippen LogP contribution in [0.4, 0.5) is 0 Å². The standard InChI is InChI=1S/C14H11N3O3/c1-9-13(10-5-3-2-4-6-10)11(7-15)14(20)17(16-9)8-12(18)19/h2-6H,8H2,1H3,(H,18,19). The molecule has 0 atom stereocenters. The van der Waals surface area contributed by atoms with Crippen LogP contribution in [0.25, 0.3) is 11.1 Å². The van der Waals surface area contributed by atoms with E-state index in [0.29, 0.717) is 16.8 Å². The number of aryl methyl sites for hydroxylation is 1.